The van der Waals surface area contributed by atoms with E-state index in [0.29, 0.717) is 6.10 Å². The summed E-state index contributed by atoms with van der Waals surface area (Å²) in [6.07, 6.45) is 8.21. The molecule has 1 fully saturated rings. The van der Waals surface area contributed by atoms with Crippen LogP contribution in [0, 0.1) is 11.8 Å². The molecule has 0 unspecified atom stereocenters. The third kappa shape index (κ3) is 5.04. The molecule has 0 radical (unpaired) electrons. The van der Waals surface area contributed by atoms with Crippen molar-refractivity contribution in [1.82, 2.24) is 4.90 Å². The highest BCUT2D eigenvalue weighted by molar-refractivity contribution is 4.86. The number of hydrogen-bond acceptors (Lipinski definition) is 2. The molecule has 0 saturated heterocycles. The fourth-order valence-corrected chi connectivity index (χ4v) is 3.83. The van der Waals surface area contributed by atoms with Crippen LogP contribution in [0.5, 0.6) is 0 Å². The van der Waals surface area contributed by atoms with Gasteiger partial charge in [0.25, 0.3) is 0 Å². The van der Waals surface area contributed by atoms with Crippen LogP contribution in [0.15, 0.2) is 0 Å². The van der Waals surface area contributed by atoms with Crippen LogP contribution in [0.3, 0.4) is 0 Å². The van der Waals surface area contributed by atoms with Crippen molar-refractivity contribution < 1.29 is 4.74 Å². The lowest BCUT2D eigenvalue weighted by Crippen LogP contribution is -2.49. The molecule has 1 rings (SSSR count). The van der Waals surface area contributed by atoms with Gasteiger partial charge in [0.05, 0.1) is 6.10 Å². The molecule has 0 heterocycles. The summed E-state index contributed by atoms with van der Waals surface area (Å²) in [5.74, 6) is 1.56. The minimum absolute atomic E-state index is 0.510. The Kier molecular flexibility index (Phi) is 8.13. The van der Waals surface area contributed by atoms with Crippen molar-refractivity contribution in [3.05, 3.63) is 0 Å². The van der Waals surface area contributed by atoms with E-state index in [9.17, 15) is 0 Å². The summed E-state index contributed by atoms with van der Waals surface area (Å²) < 4.78 is 5.54. The second-order valence-electron chi connectivity index (χ2n) is 7.12. The molecule has 0 aliphatic heterocycles. The van der Waals surface area contributed by atoms with Crippen molar-refractivity contribution in [2.75, 3.05) is 13.7 Å². The second kappa shape index (κ2) is 9.04. The van der Waals surface area contributed by atoms with E-state index in [1.807, 2.05) is 7.11 Å². The van der Waals surface area contributed by atoms with E-state index in [-0.39, 0.29) is 0 Å². The van der Waals surface area contributed by atoms with Gasteiger partial charge in [-0.3, -0.25) is 4.90 Å². The van der Waals surface area contributed by atoms with Crippen LogP contribution in [-0.4, -0.2) is 36.7 Å². The molecule has 120 valence electrons. The van der Waals surface area contributed by atoms with Gasteiger partial charge < -0.3 is 4.74 Å². The van der Waals surface area contributed by atoms with E-state index in [1.165, 1.54) is 45.1 Å². The van der Waals surface area contributed by atoms with Crippen LogP contribution >= 0.6 is 0 Å². The second-order valence-corrected chi connectivity index (χ2v) is 7.12. The largest absolute Gasteiger partial charge is 0.381 e. The average Bonchev–Trinajstić information content (AvgIpc) is 2.46. The monoisotopic (exact) mass is 283 g/mol. The number of rotatable bonds is 8. The number of ether oxygens (including phenoxy) is 1. The number of methoxy groups -OCH3 is 1. The van der Waals surface area contributed by atoms with Crippen molar-refractivity contribution in [2.24, 2.45) is 11.8 Å². The van der Waals surface area contributed by atoms with E-state index in [1.54, 1.807) is 0 Å². The molecule has 2 nitrogen and oxygen atoms in total. The smallest absolute Gasteiger partial charge is 0.0572 e. The van der Waals surface area contributed by atoms with Gasteiger partial charge in [-0.25, -0.2) is 0 Å². The SMILES string of the molecule is CC[C@H]([C@@H](C)CC)N(CC(C)C)C1CCC(OC)CC1. The van der Waals surface area contributed by atoms with Gasteiger partial charge in [-0.15, -0.1) is 0 Å². The summed E-state index contributed by atoms with van der Waals surface area (Å²) in [6, 6.07) is 1.54. The van der Waals surface area contributed by atoms with Crippen molar-refractivity contribution >= 4 is 0 Å². The zero-order valence-corrected chi connectivity index (χ0v) is 14.7. The first-order chi connectivity index (χ1) is 9.53. The quantitative estimate of drug-likeness (QED) is 0.638. The Morgan fingerprint density at radius 3 is 2.00 bits per heavy atom. The van der Waals surface area contributed by atoms with Crippen LogP contribution in [-0.2, 0) is 4.74 Å². The Morgan fingerprint density at radius 1 is 1.00 bits per heavy atom. The topological polar surface area (TPSA) is 12.5 Å². The molecule has 1 saturated carbocycles. The fourth-order valence-electron chi connectivity index (χ4n) is 3.83. The van der Waals surface area contributed by atoms with E-state index in [4.69, 9.17) is 4.74 Å². The summed E-state index contributed by atoms with van der Waals surface area (Å²) in [6.45, 7) is 13.1. The predicted molar refractivity (Wildman–Crippen MR) is 88.1 cm³/mol. The Balaban J connectivity index is 2.72. The zero-order chi connectivity index (χ0) is 15.1. The van der Waals surface area contributed by atoms with Gasteiger partial charge in [0.2, 0.25) is 0 Å². The molecule has 0 aromatic heterocycles. The Labute approximate surface area is 127 Å². The number of nitrogens with zero attached hydrogens (tertiary/aromatic N) is 1. The summed E-state index contributed by atoms with van der Waals surface area (Å²) in [7, 11) is 1.87. The first-order valence-electron chi connectivity index (χ1n) is 8.81. The molecule has 1 aliphatic rings. The van der Waals surface area contributed by atoms with Crippen LogP contribution in [0.2, 0.25) is 0 Å². The minimum Gasteiger partial charge on any atom is -0.381 e. The van der Waals surface area contributed by atoms with Crippen LogP contribution in [0.25, 0.3) is 0 Å². The van der Waals surface area contributed by atoms with Crippen molar-refractivity contribution in [1.29, 1.82) is 0 Å². The van der Waals surface area contributed by atoms with Gasteiger partial charge >= 0.3 is 0 Å². The molecule has 0 amide bonds. The molecule has 2 heteroatoms. The van der Waals surface area contributed by atoms with Gasteiger partial charge in [0, 0.05) is 25.7 Å². The van der Waals surface area contributed by atoms with Crippen LogP contribution in [0.1, 0.15) is 73.1 Å². The van der Waals surface area contributed by atoms with Gasteiger partial charge in [-0.2, -0.15) is 0 Å². The normalized spacial score (nSPS) is 27.0. The molecule has 1 aliphatic carbocycles. The highest BCUT2D eigenvalue weighted by atomic mass is 16.5. The van der Waals surface area contributed by atoms with E-state index < -0.39 is 0 Å². The third-order valence-electron chi connectivity index (χ3n) is 5.17. The Morgan fingerprint density at radius 2 is 1.60 bits per heavy atom. The molecule has 2 atom stereocenters. The van der Waals surface area contributed by atoms with Crippen LogP contribution in [0.4, 0.5) is 0 Å². The first-order valence-corrected chi connectivity index (χ1v) is 8.81. The zero-order valence-electron chi connectivity index (χ0n) is 14.7. The summed E-state index contributed by atoms with van der Waals surface area (Å²) in [4.78, 5) is 2.85. The highest BCUT2D eigenvalue weighted by Gasteiger charge is 2.31. The highest BCUT2D eigenvalue weighted by Crippen LogP contribution is 2.30. The lowest BCUT2D eigenvalue weighted by Gasteiger charge is -2.44. The molecule has 0 aromatic carbocycles. The lowest BCUT2D eigenvalue weighted by molar-refractivity contribution is 0.00991. The fraction of sp³-hybridized carbons (Fsp3) is 1.00. The van der Waals surface area contributed by atoms with E-state index in [0.717, 1.165) is 23.9 Å². The molecule has 0 N–H and O–H groups in total. The standard InChI is InChI=1S/C18H37NO/c1-7-15(5)18(8-2)19(13-14(3)4)16-9-11-17(20-6)12-10-16/h14-18H,7-13H2,1-6H3/t15-,16?,17?,18+/m0/s1. The molecule has 20 heavy (non-hydrogen) atoms. The lowest BCUT2D eigenvalue weighted by atomic mass is 9.87. The Bertz CT molecular complexity index is 246. The molecular weight excluding hydrogens is 246 g/mol. The first kappa shape index (κ1) is 18.0. The van der Waals surface area contributed by atoms with Crippen molar-refractivity contribution in [2.45, 2.75) is 91.3 Å². The van der Waals surface area contributed by atoms with Crippen molar-refractivity contribution in [3.63, 3.8) is 0 Å². The Hall–Kier alpha value is -0.0800. The molecule has 0 aromatic rings. The molecule has 0 spiro atoms. The van der Waals surface area contributed by atoms with Gasteiger partial charge in [0.15, 0.2) is 0 Å². The summed E-state index contributed by atoms with van der Waals surface area (Å²) in [5, 5.41) is 0. The van der Waals surface area contributed by atoms with Gasteiger partial charge in [-0.1, -0.05) is 41.0 Å². The predicted octanol–water partition coefficient (Wildman–Crippen LogP) is 4.73. The third-order valence-corrected chi connectivity index (χ3v) is 5.17. The van der Waals surface area contributed by atoms with Gasteiger partial charge in [-0.05, 0) is 43.9 Å². The summed E-state index contributed by atoms with van der Waals surface area (Å²) in [5.41, 5.74) is 0. The minimum atomic E-state index is 0.510. The molecular formula is C18H37NO. The maximum absolute atomic E-state index is 5.54. The molecule has 0 bridgehead atoms. The van der Waals surface area contributed by atoms with E-state index >= 15 is 0 Å². The summed E-state index contributed by atoms with van der Waals surface area (Å²) >= 11 is 0. The maximum Gasteiger partial charge on any atom is 0.0572 e. The number of hydrogen-bond donors (Lipinski definition) is 0. The van der Waals surface area contributed by atoms with Crippen molar-refractivity contribution in [3.8, 4) is 0 Å². The van der Waals surface area contributed by atoms with E-state index in [2.05, 4.69) is 39.5 Å². The van der Waals surface area contributed by atoms with Gasteiger partial charge in [0.1, 0.15) is 0 Å². The average molecular weight is 284 g/mol. The maximum atomic E-state index is 5.54. The van der Waals surface area contributed by atoms with Crippen LogP contribution < -0.4 is 0 Å².